The van der Waals surface area contributed by atoms with Gasteiger partial charge in [-0.2, -0.15) is 0 Å². The first-order chi connectivity index (χ1) is 39.8. The summed E-state index contributed by atoms with van der Waals surface area (Å²) in [5, 5.41) is 48.0. The molecule has 5 atom stereocenters. The van der Waals surface area contributed by atoms with Crippen molar-refractivity contribution in [2.45, 2.75) is 115 Å². The molecule has 2 aromatic heterocycles. The number of ether oxygens (including phenoxy) is 2. The number of aromatic nitrogens is 2. The van der Waals surface area contributed by atoms with Gasteiger partial charge in [0, 0.05) is 54.1 Å². The van der Waals surface area contributed by atoms with Crippen LogP contribution >= 0.6 is 0 Å². The Morgan fingerprint density at radius 3 is 2.20 bits per heavy atom. The number of carboxylic acid groups (broad SMARTS) is 2. The van der Waals surface area contributed by atoms with E-state index >= 15 is 4.39 Å². The van der Waals surface area contributed by atoms with Crippen LogP contribution in [0.2, 0.25) is 0 Å². The van der Waals surface area contributed by atoms with Crippen molar-refractivity contribution in [2.75, 3.05) is 32.9 Å². The molecule has 84 heavy (non-hydrogen) atoms. The molecule has 0 fully saturated rings. The number of aryl methyl sites for hydroxylation is 1. The molecule has 2 unspecified atom stereocenters. The normalized spacial score (nSPS) is 17.7. The number of nitrogens with zero attached hydrogens (tertiary/aromatic N) is 3. The zero-order chi connectivity index (χ0) is 60.9. The lowest BCUT2D eigenvalue weighted by atomic mass is 9.81. The fraction of sp³-hybridized carbons (Fsp3) is 0.411. The molecule has 0 bridgehead atoms. The van der Waals surface area contributed by atoms with Crippen LogP contribution in [0, 0.1) is 12.7 Å². The van der Waals surface area contributed by atoms with Crippen LogP contribution in [0.5, 0.6) is 0 Å². The molecule has 4 aliphatic rings. The summed E-state index contributed by atoms with van der Waals surface area (Å²) in [6.45, 7) is 2.56. The number of nitrogens with one attached hydrogen (secondary N) is 7. The van der Waals surface area contributed by atoms with Crippen LogP contribution in [0.15, 0.2) is 59.4 Å². The van der Waals surface area contributed by atoms with E-state index in [-0.39, 0.29) is 42.6 Å². The summed E-state index contributed by atoms with van der Waals surface area (Å²) in [5.41, 5.74) is -0.181. The average Bonchev–Trinajstić information content (AvgIpc) is 2.77. The third-order valence-electron chi connectivity index (χ3n) is 15.1. The third-order valence-corrected chi connectivity index (χ3v) is 15.1. The number of aliphatic carboxylic acids is 2. The standard InChI is InChI=1S/C56H61FN10O17/c1-5-56(82)32-18-38-48-30(24-66(38)51(77)31(32)25-83-54(56)81)47-34(12-11-29-27(2)33(57)19-36(64-48)46(29)47)65-53(80)55(3,4)84-26-62-41(69)22-60-49(75)37(17-28-9-7-6-8-10-28)63-42(70)23-59-40(68)21-61-50(76)39(67-43(71)14-15-44(67)72)20-58-35(52(78)79)13-16-45(73)74/h6-10,14-15,18-19,34-35,37,39,58,82H,5,11-13,16-17,20-26H2,1-4H3,(H,59,68)(H,60,75)(H,61,76)(H,62,69)(H,63,70)(H,65,80)(H,73,74)(H,78,79)/t34-,35?,37-,39?,56-/m0/s1. The van der Waals surface area contributed by atoms with Crippen LogP contribution in [0.25, 0.3) is 22.3 Å². The van der Waals surface area contributed by atoms with Gasteiger partial charge in [0.2, 0.25) is 29.5 Å². The van der Waals surface area contributed by atoms with Gasteiger partial charge in [-0.15, -0.1) is 0 Å². The monoisotopic (exact) mass is 1160 g/mol. The highest BCUT2D eigenvalue weighted by Crippen LogP contribution is 2.46. The number of cyclic esters (lactones) is 1. The fourth-order valence-electron chi connectivity index (χ4n) is 10.4. The molecular formula is C56H61FN10O17. The van der Waals surface area contributed by atoms with Crippen LogP contribution in [0.1, 0.15) is 91.4 Å². The molecule has 8 rings (SSSR count). The second kappa shape index (κ2) is 25.1. The topological polar surface area (TPSA) is 389 Å². The Labute approximate surface area is 477 Å². The van der Waals surface area contributed by atoms with Crippen molar-refractivity contribution in [1.29, 1.82) is 0 Å². The minimum atomic E-state index is -2.08. The zero-order valence-electron chi connectivity index (χ0n) is 46.0. The number of pyridine rings is 2. The van der Waals surface area contributed by atoms with E-state index in [1.165, 1.54) is 24.5 Å². The highest BCUT2D eigenvalue weighted by molar-refractivity contribution is 6.15. The first-order valence-electron chi connectivity index (χ1n) is 26.7. The molecule has 5 heterocycles. The molecule has 27 nitrogen and oxygen atoms in total. The number of amides is 8. The van der Waals surface area contributed by atoms with Gasteiger partial charge in [0.1, 0.15) is 42.9 Å². The highest BCUT2D eigenvalue weighted by Gasteiger charge is 2.46. The van der Waals surface area contributed by atoms with E-state index in [9.17, 15) is 67.7 Å². The summed E-state index contributed by atoms with van der Waals surface area (Å²) >= 11 is 0. The second-order valence-electron chi connectivity index (χ2n) is 20.9. The van der Waals surface area contributed by atoms with Crippen molar-refractivity contribution in [2.24, 2.45) is 0 Å². The summed E-state index contributed by atoms with van der Waals surface area (Å²) in [7, 11) is 0. The molecule has 2 aromatic carbocycles. The van der Waals surface area contributed by atoms with Crippen LogP contribution in [0.3, 0.4) is 0 Å². The summed E-state index contributed by atoms with van der Waals surface area (Å²) in [6, 6.07) is 6.14. The molecule has 0 spiro atoms. The van der Waals surface area contributed by atoms with Gasteiger partial charge in [0.05, 0.1) is 54.7 Å². The molecule has 1 aliphatic carbocycles. The van der Waals surface area contributed by atoms with Crippen molar-refractivity contribution in [1.82, 2.24) is 51.7 Å². The van der Waals surface area contributed by atoms with Gasteiger partial charge in [-0.1, -0.05) is 37.3 Å². The summed E-state index contributed by atoms with van der Waals surface area (Å²) in [5.74, 6) is -11.0. The van der Waals surface area contributed by atoms with Gasteiger partial charge in [-0.05, 0) is 74.8 Å². The predicted octanol–water partition coefficient (Wildman–Crippen LogP) is -1.22. The van der Waals surface area contributed by atoms with Crippen LogP contribution in [0.4, 0.5) is 4.39 Å². The number of fused-ring (bicyclic) bond motifs is 5. The van der Waals surface area contributed by atoms with Gasteiger partial charge >= 0.3 is 17.9 Å². The number of hydrogen-bond acceptors (Lipinski definition) is 17. The van der Waals surface area contributed by atoms with Crippen molar-refractivity contribution < 1.29 is 81.9 Å². The Morgan fingerprint density at radius 2 is 1.54 bits per heavy atom. The maximum absolute atomic E-state index is 15.5. The molecule has 10 N–H and O–H groups in total. The summed E-state index contributed by atoms with van der Waals surface area (Å²) < 4.78 is 28.0. The van der Waals surface area contributed by atoms with Gasteiger partial charge in [0.25, 0.3) is 23.3 Å². The SMILES string of the molecule is CC[C@@]1(O)C(=O)OCc2c1cc1n(c2=O)Cc2c-1nc1cc(F)c(C)c3c1c2[C@@H](NC(=O)C(C)(C)OCNC(=O)CNC(=O)[C@H](Cc1ccccc1)NC(=O)CNC(=O)CNC(=O)C(CNC(CCC(=O)O)C(=O)O)N1C(=O)C=CC1=O)CC3. The Kier molecular flexibility index (Phi) is 18.1. The molecule has 8 amide bonds. The fourth-order valence-corrected chi connectivity index (χ4v) is 10.4. The first kappa shape index (κ1) is 60.8. The van der Waals surface area contributed by atoms with E-state index in [1.54, 1.807) is 50.2 Å². The number of carboxylic acids is 2. The number of aliphatic hydroxyl groups is 1. The second-order valence-corrected chi connectivity index (χ2v) is 20.9. The Balaban J connectivity index is 0.854. The maximum atomic E-state index is 15.5. The van der Waals surface area contributed by atoms with E-state index in [4.69, 9.17) is 19.6 Å². The number of carbonyl (C=O) groups is 11. The number of halogens is 1. The van der Waals surface area contributed by atoms with Crippen molar-refractivity contribution in [3.8, 4) is 11.4 Å². The summed E-state index contributed by atoms with van der Waals surface area (Å²) in [6.07, 6.45) is 1.33. The van der Waals surface area contributed by atoms with Crippen LogP contribution in [-0.4, -0.2) is 152 Å². The first-order valence-corrected chi connectivity index (χ1v) is 26.7. The van der Waals surface area contributed by atoms with Gasteiger partial charge in [-0.25, -0.2) is 14.2 Å². The Hall–Kier alpha value is -9.28. The number of carbonyl (C=O) groups excluding carboxylic acids is 9. The zero-order valence-corrected chi connectivity index (χ0v) is 46.0. The van der Waals surface area contributed by atoms with Crippen molar-refractivity contribution in [3.05, 3.63) is 110 Å². The minimum absolute atomic E-state index is 0.0120. The minimum Gasteiger partial charge on any atom is -0.481 e. The molecule has 0 saturated carbocycles. The molecule has 444 valence electrons. The average molecular weight is 1170 g/mol. The number of imide groups is 1. The molecular weight excluding hydrogens is 1100 g/mol. The lowest BCUT2D eigenvalue weighted by Gasteiger charge is -2.32. The highest BCUT2D eigenvalue weighted by atomic mass is 19.1. The lowest BCUT2D eigenvalue weighted by Crippen LogP contribution is -2.57. The van der Waals surface area contributed by atoms with E-state index in [2.05, 4.69) is 37.2 Å². The molecule has 28 heteroatoms. The van der Waals surface area contributed by atoms with Gasteiger partial charge in [-0.3, -0.25) is 57.6 Å². The lowest BCUT2D eigenvalue weighted by molar-refractivity contribution is -0.172. The number of esters is 1. The van der Waals surface area contributed by atoms with E-state index in [1.807, 2.05) is 0 Å². The van der Waals surface area contributed by atoms with E-state index < -0.39 is 158 Å². The Morgan fingerprint density at radius 1 is 0.869 bits per heavy atom. The molecule has 4 aromatic rings. The van der Waals surface area contributed by atoms with E-state index in [0.717, 1.165) is 12.2 Å². The quantitative estimate of drug-likeness (QED) is 0.0186. The van der Waals surface area contributed by atoms with Gasteiger partial charge in [0.15, 0.2) is 5.60 Å². The Bertz CT molecular complexity index is 3500. The van der Waals surface area contributed by atoms with Crippen molar-refractivity contribution in [3.63, 3.8) is 0 Å². The summed E-state index contributed by atoms with van der Waals surface area (Å²) in [4.78, 5) is 160. The molecule has 3 aliphatic heterocycles. The van der Waals surface area contributed by atoms with Gasteiger partial charge < -0.3 is 66.6 Å². The molecule has 0 saturated heterocycles. The number of benzene rings is 2. The predicted molar refractivity (Wildman–Crippen MR) is 289 cm³/mol. The smallest absolute Gasteiger partial charge is 0.343 e. The van der Waals surface area contributed by atoms with Crippen LogP contribution in [-0.2, 0) is 93.8 Å². The molecule has 0 radical (unpaired) electrons. The van der Waals surface area contributed by atoms with E-state index in [0.29, 0.717) is 62.3 Å². The maximum Gasteiger partial charge on any atom is 0.343 e. The number of rotatable bonds is 25. The van der Waals surface area contributed by atoms with Crippen molar-refractivity contribution >= 4 is 76.1 Å². The number of hydrogen-bond donors (Lipinski definition) is 10. The third kappa shape index (κ3) is 12.8. The largest absolute Gasteiger partial charge is 0.481 e. The van der Waals surface area contributed by atoms with Crippen LogP contribution < -0.4 is 42.8 Å².